The number of primary amides is 1. The molecule has 1 aliphatic rings. The van der Waals surface area contributed by atoms with E-state index in [0.29, 0.717) is 23.8 Å². The molecule has 0 bridgehead atoms. The number of anilines is 2. The van der Waals surface area contributed by atoms with Crippen molar-refractivity contribution in [3.05, 3.63) is 71.8 Å². The summed E-state index contributed by atoms with van der Waals surface area (Å²) in [5, 5.41) is 6.78. The fourth-order valence-electron chi connectivity index (χ4n) is 3.59. The number of aromatic nitrogens is 4. The number of nitrogens with one attached hydrogen (secondary N) is 2. The molecule has 8 heteroatoms. The van der Waals surface area contributed by atoms with Crippen molar-refractivity contribution in [1.29, 1.82) is 0 Å². The molecule has 29 heavy (non-hydrogen) atoms. The van der Waals surface area contributed by atoms with Crippen LogP contribution < -0.4 is 16.4 Å². The average molecular weight is 385 g/mol. The summed E-state index contributed by atoms with van der Waals surface area (Å²) in [4.78, 5) is 25.7. The van der Waals surface area contributed by atoms with Crippen LogP contribution in [0.25, 0.3) is 17.0 Å². The van der Waals surface area contributed by atoms with E-state index in [0.717, 1.165) is 41.2 Å². The van der Waals surface area contributed by atoms with Crippen LogP contribution >= 0.6 is 0 Å². The first-order valence-electron chi connectivity index (χ1n) is 9.39. The lowest BCUT2D eigenvalue weighted by Crippen LogP contribution is -2.14. The first-order chi connectivity index (χ1) is 14.2. The van der Waals surface area contributed by atoms with E-state index < -0.39 is 5.91 Å². The summed E-state index contributed by atoms with van der Waals surface area (Å²) in [7, 11) is 0. The van der Waals surface area contributed by atoms with Crippen molar-refractivity contribution in [1.82, 2.24) is 19.4 Å². The summed E-state index contributed by atoms with van der Waals surface area (Å²) >= 11 is 0. The molecule has 0 unspecified atom stereocenters. The topological polar surface area (TPSA) is 110 Å². The quantitative estimate of drug-likeness (QED) is 0.487. The van der Waals surface area contributed by atoms with E-state index in [2.05, 4.69) is 27.8 Å². The highest BCUT2D eigenvalue weighted by Crippen LogP contribution is 2.32. The van der Waals surface area contributed by atoms with Crippen LogP contribution in [0.2, 0.25) is 0 Å². The standard InChI is InChI=1S/C21H19N7O/c22-19(29)16-8-4-7-15-18(25-12-28(15)16)21-26-14-9-10-23-17(14)20(27-21)24-11-13-5-2-1-3-6-13/h1-8,12,23H,9-11H2,(H2,22,29)(H,24,26,27). The molecule has 0 spiro atoms. The molecule has 1 aliphatic heterocycles. The second-order valence-corrected chi connectivity index (χ2v) is 6.86. The van der Waals surface area contributed by atoms with Gasteiger partial charge in [0.25, 0.3) is 5.91 Å². The van der Waals surface area contributed by atoms with E-state index in [1.807, 2.05) is 24.3 Å². The van der Waals surface area contributed by atoms with Crippen LogP contribution in [0.5, 0.6) is 0 Å². The molecule has 0 saturated heterocycles. The number of carbonyl (C=O) groups is 1. The summed E-state index contributed by atoms with van der Waals surface area (Å²) in [6.07, 6.45) is 2.40. The van der Waals surface area contributed by atoms with E-state index in [9.17, 15) is 4.79 Å². The number of benzene rings is 1. The van der Waals surface area contributed by atoms with Gasteiger partial charge in [-0.2, -0.15) is 0 Å². The van der Waals surface area contributed by atoms with Crippen LogP contribution in [0.4, 0.5) is 11.5 Å². The van der Waals surface area contributed by atoms with Crippen molar-refractivity contribution in [2.24, 2.45) is 5.73 Å². The Hall–Kier alpha value is -3.94. The molecule has 0 atom stereocenters. The van der Waals surface area contributed by atoms with Gasteiger partial charge in [-0.05, 0) is 17.7 Å². The third-order valence-corrected chi connectivity index (χ3v) is 4.99. The summed E-state index contributed by atoms with van der Waals surface area (Å²) < 4.78 is 1.67. The minimum Gasteiger partial charge on any atom is -0.380 e. The average Bonchev–Trinajstić information content (AvgIpc) is 3.39. The van der Waals surface area contributed by atoms with Crippen LogP contribution in [0.3, 0.4) is 0 Å². The van der Waals surface area contributed by atoms with Gasteiger partial charge in [0.15, 0.2) is 11.6 Å². The van der Waals surface area contributed by atoms with E-state index >= 15 is 0 Å². The van der Waals surface area contributed by atoms with Gasteiger partial charge < -0.3 is 16.4 Å². The third-order valence-electron chi connectivity index (χ3n) is 4.99. The normalized spacial score (nSPS) is 12.6. The Bertz CT molecular complexity index is 1220. The van der Waals surface area contributed by atoms with Crippen LogP contribution in [0.1, 0.15) is 21.7 Å². The Labute approximate surface area is 166 Å². The van der Waals surface area contributed by atoms with Crippen LogP contribution in [-0.2, 0) is 13.0 Å². The molecule has 5 rings (SSSR count). The van der Waals surface area contributed by atoms with Gasteiger partial charge in [-0.3, -0.25) is 9.20 Å². The van der Waals surface area contributed by atoms with E-state index in [-0.39, 0.29) is 0 Å². The number of hydrogen-bond acceptors (Lipinski definition) is 6. The van der Waals surface area contributed by atoms with Gasteiger partial charge in [0.2, 0.25) is 0 Å². The molecule has 4 heterocycles. The van der Waals surface area contributed by atoms with E-state index in [4.69, 9.17) is 15.7 Å². The maximum Gasteiger partial charge on any atom is 0.265 e. The number of amides is 1. The Morgan fingerprint density at radius 3 is 2.83 bits per heavy atom. The molecule has 4 aromatic rings. The van der Waals surface area contributed by atoms with Crippen molar-refractivity contribution in [3.8, 4) is 11.5 Å². The summed E-state index contributed by atoms with van der Waals surface area (Å²) in [5.74, 6) is 0.759. The van der Waals surface area contributed by atoms with Gasteiger partial charge >= 0.3 is 0 Å². The number of imidazole rings is 1. The fourth-order valence-corrected chi connectivity index (χ4v) is 3.59. The molecule has 3 aromatic heterocycles. The highest BCUT2D eigenvalue weighted by Gasteiger charge is 2.22. The summed E-state index contributed by atoms with van der Waals surface area (Å²) in [5.41, 5.74) is 10.3. The first-order valence-corrected chi connectivity index (χ1v) is 9.39. The number of nitrogens with two attached hydrogens (primary N) is 1. The molecule has 0 saturated carbocycles. The maximum absolute atomic E-state index is 11.7. The molecule has 0 fully saturated rings. The van der Waals surface area contributed by atoms with Crippen molar-refractivity contribution in [2.45, 2.75) is 13.0 Å². The van der Waals surface area contributed by atoms with Gasteiger partial charge in [-0.25, -0.2) is 15.0 Å². The second-order valence-electron chi connectivity index (χ2n) is 6.86. The zero-order valence-electron chi connectivity index (χ0n) is 15.6. The smallest absolute Gasteiger partial charge is 0.265 e. The van der Waals surface area contributed by atoms with Crippen molar-refractivity contribution in [3.63, 3.8) is 0 Å². The molecule has 1 amide bonds. The van der Waals surface area contributed by atoms with Gasteiger partial charge in [0, 0.05) is 19.5 Å². The number of pyridine rings is 1. The SMILES string of the molecule is NC(=O)c1cccc2c(-c3nc4c(c(NCc5ccccc5)n3)NCC4)ncn12. The molecule has 1 aromatic carbocycles. The Kier molecular flexibility index (Phi) is 4.09. The molecular formula is C21H19N7O. The zero-order valence-corrected chi connectivity index (χ0v) is 15.6. The van der Waals surface area contributed by atoms with Gasteiger partial charge in [0.05, 0.1) is 16.9 Å². The Morgan fingerprint density at radius 2 is 2.00 bits per heavy atom. The van der Waals surface area contributed by atoms with Gasteiger partial charge in [-0.1, -0.05) is 36.4 Å². The predicted octanol–water partition coefficient (Wildman–Crippen LogP) is 2.47. The highest BCUT2D eigenvalue weighted by molar-refractivity contribution is 5.93. The predicted molar refractivity (Wildman–Crippen MR) is 111 cm³/mol. The van der Waals surface area contributed by atoms with Crippen molar-refractivity contribution in [2.75, 3.05) is 17.2 Å². The number of fused-ring (bicyclic) bond motifs is 2. The fraction of sp³-hybridized carbons (Fsp3) is 0.143. The minimum absolute atomic E-state index is 0.367. The molecule has 8 nitrogen and oxygen atoms in total. The van der Waals surface area contributed by atoms with Gasteiger partial charge in [0.1, 0.15) is 17.7 Å². The van der Waals surface area contributed by atoms with E-state index in [1.54, 1.807) is 22.9 Å². The van der Waals surface area contributed by atoms with E-state index in [1.165, 1.54) is 0 Å². The monoisotopic (exact) mass is 385 g/mol. The molecule has 0 aliphatic carbocycles. The number of rotatable bonds is 5. The third kappa shape index (κ3) is 3.04. The lowest BCUT2D eigenvalue weighted by Gasteiger charge is -2.12. The van der Waals surface area contributed by atoms with Crippen LogP contribution in [-0.4, -0.2) is 31.8 Å². The first kappa shape index (κ1) is 17.2. The Balaban J connectivity index is 1.57. The lowest BCUT2D eigenvalue weighted by atomic mass is 10.2. The van der Waals surface area contributed by atoms with Crippen LogP contribution in [0, 0.1) is 0 Å². The largest absolute Gasteiger partial charge is 0.380 e. The lowest BCUT2D eigenvalue weighted by molar-refractivity contribution is 0.0994. The number of hydrogen-bond donors (Lipinski definition) is 3. The maximum atomic E-state index is 11.7. The molecular weight excluding hydrogens is 366 g/mol. The minimum atomic E-state index is -0.510. The highest BCUT2D eigenvalue weighted by atomic mass is 16.1. The molecule has 4 N–H and O–H groups in total. The second kappa shape index (κ2) is 6.90. The molecule has 0 radical (unpaired) electrons. The zero-order chi connectivity index (χ0) is 19.8. The van der Waals surface area contributed by atoms with Crippen molar-refractivity contribution < 1.29 is 4.79 Å². The summed E-state index contributed by atoms with van der Waals surface area (Å²) in [6.45, 7) is 1.48. The van der Waals surface area contributed by atoms with Gasteiger partial charge in [-0.15, -0.1) is 0 Å². The summed E-state index contributed by atoms with van der Waals surface area (Å²) in [6, 6.07) is 15.5. The number of nitrogens with zero attached hydrogens (tertiary/aromatic N) is 4. The van der Waals surface area contributed by atoms with Crippen molar-refractivity contribution >= 4 is 22.9 Å². The van der Waals surface area contributed by atoms with Crippen LogP contribution in [0.15, 0.2) is 54.9 Å². The Morgan fingerprint density at radius 1 is 1.14 bits per heavy atom. The molecule has 144 valence electrons. The number of carbonyl (C=O) groups excluding carboxylic acids is 1.